The highest BCUT2D eigenvalue weighted by molar-refractivity contribution is 5.48. The van der Waals surface area contributed by atoms with Crippen LogP contribution in [0.1, 0.15) is 26.7 Å². The van der Waals surface area contributed by atoms with Crippen molar-refractivity contribution >= 4 is 6.29 Å². The van der Waals surface area contributed by atoms with Crippen LogP contribution >= 0.6 is 0 Å². The van der Waals surface area contributed by atoms with Crippen LogP contribution in [-0.4, -0.2) is 12.9 Å². The van der Waals surface area contributed by atoms with Gasteiger partial charge in [-0.25, -0.2) is 0 Å². The number of rotatable bonds is 5. The third-order valence-electron chi connectivity index (χ3n) is 1.20. The third-order valence-corrected chi connectivity index (χ3v) is 1.20. The smallest absolute Gasteiger partial charge is 0.120 e. The Bertz CT molecular complexity index is 116. The van der Waals surface area contributed by atoms with Gasteiger partial charge < -0.3 is 9.53 Å². The summed E-state index contributed by atoms with van der Waals surface area (Å²) in [6.07, 6.45) is 4.22. The van der Waals surface area contributed by atoms with Crippen LogP contribution in [0, 0.1) is 0 Å². The molecule has 0 bridgehead atoms. The summed E-state index contributed by atoms with van der Waals surface area (Å²) in [4.78, 5) is 9.85. The van der Waals surface area contributed by atoms with E-state index in [1.807, 2.05) is 19.9 Å². The van der Waals surface area contributed by atoms with Gasteiger partial charge in [-0.2, -0.15) is 0 Å². The molecule has 10 heavy (non-hydrogen) atoms. The second-order valence-corrected chi connectivity index (χ2v) is 2.06. The van der Waals surface area contributed by atoms with Gasteiger partial charge in [0.1, 0.15) is 6.29 Å². The van der Waals surface area contributed by atoms with E-state index in [1.54, 1.807) is 0 Å². The SMILES string of the molecule is CC=C(C)OCCCC=O. The Kier molecular flexibility index (Phi) is 5.83. The van der Waals surface area contributed by atoms with Gasteiger partial charge in [0.2, 0.25) is 0 Å². The van der Waals surface area contributed by atoms with Crippen LogP contribution < -0.4 is 0 Å². The van der Waals surface area contributed by atoms with Gasteiger partial charge in [-0.1, -0.05) is 6.08 Å². The third kappa shape index (κ3) is 5.35. The number of hydrogen-bond donors (Lipinski definition) is 0. The van der Waals surface area contributed by atoms with Gasteiger partial charge in [0, 0.05) is 6.42 Å². The van der Waals surface area contributed by atoms with E-state index >= 15 is 0 Å². The summed E-state index contributed by atoms with van der Waals surface area (Å²) in [7, 11) is 0. The minimum Gasteiger partial charge on any atom is -0.499 e. The molecule has 2 nitrogen and oxygen atoms in total. The monoisotopic (exact) mass is 142 g/mol. The quantitative estimate of drug-likeness (QED) is 0.333. The predicted molar refractivity (Wildman–Crippen MR) is 40.7 cm³/mol. The second-order valence-electron chi connectivity index (χ2n) is 2.06. The Morgan fingerprint density at radius 1 is 1.60 bits per heavy atom. The summed E-state index contributed by atoms with van der Waals surface area (Å²) in [5.41, 5.74) is 0. The summed E-state index contributed by atoms with van der Waals surface area (Å²) < 4.78 is 5.20. The molecule has 0 aliphatic rings. The van der Waals surface area contributed by atoms with E-state index in [0.29, 0.717) is 13.0 Å². The summed E-state index contributed by atoms with van der Waals surface area (Å²) >= 11 is 0. The Balaban J connectivity index is 3.11. The molecule has 58 valence electrons. The maximum atomic E-state index is 9.85. The minimum atomic E-state index is 0.594. The lowest BCUT2D eigenvalue weighted by Gasteiger charge is -2.02. The average molecular weight is 142 g/mol. The number of allylic oxidation sites excluding steroid dienone is 2. The van der Waals surface area contributed by atoms with E-state index < -0.39 is 0 Å². The van der Waals surface area contributed by atoms with Crippen LogP contribution in [-0.2, 0) is 9.53 Å². The molecule has 0 unspecified atom stereocenters. The normalized spacial score (nSPS) is 11.2. The number of aldehydes is 1. The molecule has 0 amide bonds. The van der Waals surface area contributed by atoms with E-state index in [2.05, 4.69) is 0 Å². The lowest BCUT2D eigenvalue weighted by Crippen LogP contribution is -1.91. The van der Waals surface area contributed by atoms with Gasteiger partial charge in [-0.3, -0.25) is 0 Å². The number of unbranched alkanes of at least 4 members (excludes halogenated alkanes) is 1. The fourth-order valence-corrected chi connectivity index (χ4v) is 0.483. The first-order chi connectivity index (χ1) is 4.81. The summed E-state index contributed by atoms with van der Waals surface area (Å²) in [5.74, 6) is 0.922. The van der Waals surface area contributed by atoms with Crippen LogP contribution in [0.25, 0.3) is 0 Å². The fraction of sp³-hybridized carbons (Fsp3) is 0.625. The van der Waals surface area contributed by atoms with E-state index in [4.69, 9.17) is 4.74 Å². The number of hydrogen-bond acceptors (Lipinski definition) is 2. The number of ether oxygens (including phenoxy) is 1. The number of carbonyl (C=O) groups is 1. The Morgan fingerprint density at radius 3 is 2.80 bits per heavy atom. The highest BCUT2D eigenvalue weighted by Gasteiger charge is 1.87. The summed E-state index contributed by atoms with van der Waals surface area (Å²) in [5, 5.41) is 0. The van der Waals surface area contributed by atoms with Crippen molar-refractivity contribution in [2.75, 3.05) is 6.61 Å². The van der Waals surface area contributed by atoms with Crippen molar-refractivity contribution in [3.8, 4) is 0 Å². The molecule has 0 spiro atoms. The van der Waals surface area contributed by atoms with Crippen molar-refractivity contribution in [1.29, 1.82) is 0 Å². The lowest BCUT2D eigenvalue weighted by molar-refractivity contribution is -0.108. The molecule has 0 saturated carbocycles. The first-order valence-corrected chi connectivity index (χ1v) is 3.50. The maximum absolute atomic E-state index is 9.85. The van der Waals surface area contributed by atoms with E-state index in [0.717, 1.165) is 18.5 Å². The van der Waals surface area contributed by atoms with Crippen molar-refractivity contribution in [1.82, 2.24) is 0 Å². The van der Waals surface area contributed by atoms with Gasteiger partial charge in [-0.15, -0.1) is 0 Å². The van der Waals surface area contributed by atoms with Crippen LogP contribution in [0.5, 0.6) is 0 Å². The molecular formula is C8H14O2. The topological polar surface area (TPSA) is 26.3 Å². The second kappa shape index (κ2) is 6.33. The van der Waals surface area contributed by atoms with Crippen LogP contribution in [0.2, 0.25) is 0 Å². The van der Waals surface area contributed by atoms with Crippen molar-refractivity contribution < 1.29 is 9.53 Å². The highest BCUT2D eigenvalue weighted by Crippen LogP contribution is 1.96. The molecule has 0 N–H and O–H groups in total. The summed E-state index contributed by atoms with van der Waals surface area (Å²) in [6.45, 7) is 4.48. The van der Waals surface area contributed by atoms with Crippen LogP contribution in [0.4, 0.5) is 0 Å². The maximum Gasteiger partial charge on any atom is 0.120 e. The Morgan fingerprint density at radius 2 is 2.30 bits per heavy atom. The molecule has 0 saturated heterocycles. The molecule has 0 aliphatic carbocycles. The molecule has 0 aromatic carbocycles. The minimum absolute atomic E-state index is 0.594. The highest BCUT2D eigenvalue weighted by atomic mass is 16.5. The fourth-order valence-electron chi connectivity index (χ4n) is 0.483. The van der Waals surface area contributed by atoms with E-state index in [9.17, 15) is 4.79 Å². The Hall–Kier alpha value is -0.790. The van der Waals surface area contributed by atoms with Crippen molar-refractivity contribution in [3.05, 3.63) is 11.8 Å². The van der Waals surface area contributed by atoms with Gasteiger partial charge in [0.05, 0.1) is 12.4 Å². The van der Waals surface area contributed by atoms with Gasteiger partial charge >= 0.3 is 0 Å². The molecule has 2 heteroatoms. The molecule has 0 aromatic heterocycles. The van der Waals surface area contributed by atoms with Crippen molar-refractivity contribution in [2.45, 2.75) is 26.7 Å². The molecule has 0 radical (unpaired) electrons. The molecular weight excluding hydrogens is 128 g/mol. The molecule has 0 aliphatic heterocycles. The van der Waals surface area contributed by atoms with Crippen LogP contribution in [0.15, 0.2) is 11.8 Å². The van der Waals surface area contributed by atoms with Crippen molar-refractivity contribution in [3.63, 3.8) is 0 Å². The number of carbonyl (C=O) groups excluding carboxylic acids is 1. The molecule has 0 heterocycles. The zero-order valence-corrected chi connectivity index (χ0v) is 6.59. The first-order valence-electron chi connectivity index (χ1n) is 3.50. The zero-order valence-electron chi connectivity index (χ0n) is 6.59. The summed E-state index contributed by atoms with van der Waals surface area (Å²) in [6, 6.07) is 0. The Labute approximate surface area is 61.9 Å². The van der Waals surface area contributed by atoms with Gasteiger partial charge in [0.25, 0.3) is 0 Å². The average Bonchev–Trinajstić information content (AvgIpc) is 1.98. The van der Waals surface area contributed by atoms with Gasteiger partial charge in [-0.05, 0) is 20.3 Å². The largest absolute Gasteiger partial charge is 0.499 e. The lowest BCUT2D eigenvalue weighted by atomic mass is 10.3. The van der Waals surface area contributed by atoms with E-state index in [-0.39, 0.29) is 0 Å². The first kappa shape index (κ1) is 9.21. The van der Waals surface area contributed by atoms with E-state index in [1.165, 1.54) is 0 Å². The molecule has 0 aromatic rings. The molecule has 0 fully saturated rings. The van der Waals surface area contributed by atoms with Crippen molar-refractivity contribution in [2.24, 2.45) is 0 Å². The molecule has 0 rings (SSSR count). The van der Waals surface area contributed by atoms with Gasteiger partial charge in [0.15, 0.2) is 0 Å². The standard InChI is InChI=1S/C8H14O2/c1-3-8(2)10-7-5-4-6-9/h3,6H,4-5,7H2,1-2H3. The predicted octanol–water partition coefficient (Wildman–Crippen LogP) is 1.91. The van der Waals surface area contributed by atoms with Crippen LogP contribution in [0.3, 0.4) is 0 Å². The zero-order chi connectivity index (χ0) is 7.82. The molecule has 0 atom stereocenters.